The van der Waals surface area contributed by atoms with E-state index in [4.69, 9.17) is 4.74 Å². The molecule has 0 fully saturated rings. The summed E-state index contributed by atoms with van der Waals surface area (Å²) >= 11 is 2.30. The highest BCUT2D eigenvalue weighted by Crippen LogP contribution is 2.26. The molecule has 4 nitrogen and oxygen atoms in total. The highest BCUT2D eigenvalue weighted by molar-refractivity contribution is 14.1. The Labute approximate surface area is 133 Å². The average molecular weight is 383 g/mol. The first-order chi connectivity index (χ1) is 9.69. The molecule has 0 atom stereocenters. The molecule has 0 bridgehead atoms. The fourth-order valence-electron chi connectivity index (χ4n) is 1.90. The van der Waals surface area contributed by atoms with Crippen molar-refractivity contribution in [1.82, 2.24) is 9.97 Å². The molecule has 2 aromatic rings. The molecule has 0 aliphatic heterocycles. The Morgan fingerprint density at radius 3 is 2.70 bits per heavy atom. The largest absolute Gasteiger partial charge is 0.497 e. The summed E-state index contributed by atoms with van der Waals surface area (Å²) in [5.41, 5.74) is 2.03. The van der Waals surface area contributed by atoms with E-state index < -0.39 is 0 Å². The number of methoxy groups -OCH3 is 1. The van der Waals surface area contributed by atoms with E-state index >= 15 is 0 Å². The van der Waals surface area contributed by atoms with Gasteiger partial charge in [-0.05, 0) is 48.1 Å². The van der Waals surface area contributed by atoms with Gasteiger partial charge < -0.3 is 10.1 Å². The Balaban J connectivity index is 2.52. The molecule has 1 N–H and O–H groups in total. The average Bonchev–Trinajstić information content (AvgIpc) is 2.49. The molecule has 1 heterocycles. The third-order valence-electron chi connectivity index (χ3n) is 2.93. The Morgan fingerprint density at radius 2 is 2.05 bits per heavy atom. The first-order valence-corrected chi connectivity index (χ1v) is 7.72. The van der Waals surface area contributed by atoms with Crippen LogP contribution in [0.15, 0.2) is 24.3 Å². The number of nitrogens with zero attached hydrogens (tertiary/aromatic N) is 2. The summed E-state index contributed by atoms with van der Waals surface area (Å²) in [6.07, 6.45) is 0.885. The SMILES string of the molecule is CCNc1nc(-c2cccc(OC)c2)nc(CC)c1I. The number of aromatic nitrogens is 2. The van der Waals surface area contributed by atoms with E-state index in [0.717, 1.165) is 45.2 Å². The maximum atomic E-state index is 5.26. The lowest BCUT2D eigenvalue weighted by atomic mass is 10.2. The molecule has 0 unspecified atom stereocenters. The molecule has 106 valence electrons. The number of aryl methyl sites for hydroxylation is 1. The van der Waals surface area contributed by atoms with E-state index in [1.165, 1.54) is 0 Å². The molecule has 0 aliphatic carbocycles. The van der Waals surface area contributed by atoms with Gasteiger partial charge in [0.1, 0.15) is 11.6 Å². The molecule has 0 aliphatic rings. The lowest BCUT2D eigenvalue weighted by Crippen LogP contribution is -2.07. The number of anilines is 1. The van der Waals surface area contributed by atoms with E-state index in [1.54, 1.807) is 7.11 Å². The van der Waals surface area contributed by atoms with Crippen molar-refractivity contribution in [3.8, 4) is 17.1 Å². The second-order valence-corrected chi connectivity index (χ2v) is 5.35. The summed E-state index contributed by atoms with van der Waals surface area (Å²) in [6, 6.07) is 7.83. The third-order valence-corrected chi connectivity index (χ3v) is 4.06. The summed E-state index contributed by atoms with van der Waals surface area (Å²) in [7, 11) is 1.66. The predicted octanol–water partition coefficient (Wildman–Crippen LogP) is 3.75. The van der Waals surface area contributed by atoms with Crippen LogP contribution in [0.3, 0.4) is 0 Å². The van der Waals surface area contributed by atoms with Gasteiger partial charge in [0.2, 0.25) is 0 Å². The fraction of sp³-hybridized carbons (Fsp3) is 0.333. The molecule has 20 heavy (non-hydrogen) atoms. The van der Waals surface area contributed by atoms with Gasteiger partial charge in [-0.15, -0.1) is 0 Å². The highest BCUT2D eigenvalue weighted by Gasteiger charge is 2.12. The molecular weight excluding hydrogens is 365 g/mol. The second-order valence-electron chi connectivity index (χ2n) is 4.27. The van der Waals surface area contributed by atoms with Crippen LogP contribution in [-0.4, -0.2) is 23.6 Å². The van der Waals surface area contributed by atoms with Gasteiger partial charge in [-0.3, -0.25) is 0 Å². The number of benzene rings is 1. The Kier molecular flexibility index (Phi) is 5.17. The number of hydrogen-bond acceptors (Lipinski definition) is 4. The Bertz CT molecular complexity index is 602. The van der Waals surface area contributed by atoms with Gasteiger partial charge in [-0.25, -0.2) is 9.97 Å². The summed E-state index contributed by atoms with van der Waals surface area (Å²) in [4.78, 5) is 9.30. The summed E-state index contributed by atoms with van der Waals surface area (Å²) in [6.45, 7) is 5.01. The lowest BCUT2D eigenvalue weighted by molar-refractivity contribution is 0.415. The van der Waals surface area contributed by atoms with Crippen LogP contribution >= 0.6 is 22.6 Å². The summed E-state index contributed by atoms with van der Waals surface area (Å²) in [5, 5.41) is 3.30. The molecule has 0 saturated carbocycles. The van der Waals surface area contributed by atoms with E-state index in [-0.39, 0.29) is 0 Å². The minimum Gasteiger partial charge on any atom is -0.497 e. The van der Waals surface area contributed by atoms with Crippen molar-refractivity contribution in [1.29, 1.82) is 0 Å². The van der Waals surface area contributed by atoms with Gasteiger partial charge >= 0.3 is 0 Å². The highest BCUT2D eigenvalue weighted by atomic mass is 127. The first kappa shape index (κ1) is 15.0. The quantitative estimate of drug-likeness (QED) is 0.799. The number of rotatable bonds is 5. The molecule has 0 saturated heterocycles. The molecule has 1 aromatic carbocycles. The van der Waals surface area contributed by atoms with Crippen molar-refractivity contribution in [3.63, 3.8) is 0 Å². The molecule has 2 rings (SSSR count). The molecule has 0 amide bonds. The minimum atomic E-state index is 0.733. The second kappa shape index (κ2) is 6.88. The van der Waals surface area contributed by atoms with Gasteiger partial charge in [0.05, 0.1) is 16.4 Å². The Morgan fingerprint density at radius 1 is 1.25 bits per heavy atom. The number of hydrogen-bond donors (Lipinski definition) is 1. The molecular formula is C15H18IN3O. The summed E-state index contributed by atoms with van der Waals surface area (Å²) < 4.78 is 6.36. The van der Waals surface area contributed by atoms with E-state index in [0.29, 0.717) is 0 Å². The smallest absolute Gasteiger partial charge is 0.161 e. The van der Waals surface area contributed by atoms with Crippen molar-refractivity contribution < 1.29 is 4.74 Å². The number of ether oxygens (including phenoxy) is 1. The molecule has 0 spiro atoms. The molecule has 0 radical (unpaired) electrons. The van der Waals surface area contributed by atoms with Crippen LogP contribution in [0, 0.1) is 3.57 Å². The Hall–Kier alpha value is -1.37. The fourth-order valence-corrected chi connectivity index (χ4v) is 2.72. The van der Waals surface area contributed by atoms with Crippen molar-refractivity contribution >= 4 is 28.4 Å². The maximum absolute atomic E-state index is 5.26. The van der Waals surface area contributed by atoms with Crippen LogP contribution in [-0.2, 0) is 6.42 Å². The zero-order valence-corrected chi connectivity index (χ0v) is 14.1. The van der Waals surface area contributed by atoms with Crippen LogP contribution in [0.4, 0.5) is 5.82 Å². The maximum Gasteiger partial charge on any atom is 0.161 e. The van der Waals surface area contributed by atoms with Crippen molar-refractivity contribution in [2.45, 2.75) is 20.3 Å². The van der Waals surface area contributed by atoms with Gasteiger partial charge in [0, 0.05) is 12.1 Å². The van der Waals surface area contributed by atoms with Gasteiger partial charge in [0.25, 0.3) is 0 Å². The summed E-state index contributed by atoms with van der Waals surface area (Å²) in [5.74, 6) is 2.45. The van der Waals surface area contributed by atoms with Gasteiger partial charge in [0.15, 0.2) is 5.82 Å². The molecule has 1 aromatic heterocycles. The zero-order valence-electron chi connectivity index (χ0n) is 11.9. The van der Waals surface area contributed by atoms with Crippen molar-refractivity contribution in [3.05, 3.63) is 33.5 Å². The topological polar surface area (TPSA) is 47.0 Å². The first-order valence-electron chi connectivity index (χ1n) is 6.64. The van der Waals surface area contributed by atoms with Crippen LogP contribution in [0.1, 0.15) is 19.5 Å². The van der Waals surface area contributed by atoms with Gasteiger partial charge in [-0.1, -0.05) is 19.1 Å². The third kappa shape index (κ3) is 3.20. The van der Waals surface area contributed by atoms with Crippen molar-refractivity contribution in [2.75, 3.05) is 19.0 Å². The van der Waals surface area contributed by atoms with Crippen molar-refractivity contribution in [2.24, 2.45) is 0 Å². The predicted molar refractivity (Wildman–Crippen MR) is 90.3 cm³/mol. The van der Waals surface area contributed by atoms with Crippen LogP contribution < -0.4 is 10.1 Å². The minimum absolute atomic E-state index is 0.733. The number of halogens is 1. The number of nitrogens with one attached hydrogen (secondary N) is 1. The molecule has 5 heteroatoms. The normalized spacial score (nSPS) is 10.4. The standard InChI is InChI=1S/C15H18IN3O/c1-4-12-13(16)15(17-5-2)19-14(18-12)10-7-6-8-11(9-10)20-3/h6-9H,4-5H2,1-3H3,(H,17,18,19). The van der Waals surface area contributed by atoms with E-state index in [1.807, 2.05) is 24.3 Å². The van der Waals surface area contributed by atoms with E-state index in [2.05, 4.69) is 51.7 Å². The van der Waals surface area contributed by atoms with Gasteiger partial charge in [-0.2, -0.15) is 0 Å². The lowest BCUT2D eigenvalue weighted by Gasteiger charge is -2.12. The van der Waals surface area contributed by atoms with Crippen LogP contribution in [0.2, 0.25) is 0 Å². The van der Waals surface area contributed by atoms with Crippen LogP contribution in [0.5, 0.6) is 5.75 Å². The van der Waals surface area contributed by atoms with Crippen LogP contribution in [0.25, 0.3) is 11.4 Å². The van der Waals surface area contributed by atoms with E-state index in [9.17, 15) is 0 Å². The monoisotopic (exact) mass is 383 g/mol. The zero-order chi connectivity index (χ0) is 14.5.